The molecule has 0 aromatic carbocycles. The maximum Gasteiger partial charge on any atom is 0.264 e. The summed E-state index contributed by atoms with van der Waals surface area (Å²) in [6, 6.07) is 0. The Balaban J connectivity index is 0. The molecule has 0 saturated carbocycles. The van der Waals surface area contributed by atoms with Crippen molar-refractivity contribution in [2.75, 3.05) is 19.8 Å². The summed E-state index contributed by atoms with van der Waals surface area (Å²) in [6.07, 6.45) is 2.39. The Bertz CT molecular complexity index is 165. The Kier molecular flexibility index (Phi) is 10.8. The van der Waals surface area contributed by atoms with E-state index in [1.807, 2.05) is 21.0 Å². The van der Waals surface area contributed by atoms with Gasteiger partial charge in [0.05, 0.1) is 5.75 Å². The minimum Gasteiger partial charge on any atom is -0.323 e. The van der Waals surface area contributed by atoms with Crippen LogP contribution in [0.3, 0.4) is 0 Å². The smallest absolute Gasteiger partial charge is 0.264 e. The average Bonchev–Trinajstić information content (AvgIpc) is 1.87. The molecule has 0 aliphatic rings. The van der Waals surface area contributed by atoms with E-state index in [1.54, 1.807) is 0 Å². The maximum atomic E-state index is 10.1. The van der Waals surface area contributed by atoms with Crippen LogP contribution in [0.5, 0.6) is 0 Å². The highest BCUT2D eigenvalue weighted by molar-refractivity contribution is 7.85. The zero-order valence-electron chi connectivity index (χ0n) is 8.00. The summed E-state index contributed by atoms with van der Waals surface area (Å²) in [4.78, 5) is 0. The molecule has 0 aliphatic carbocycles. The van der Waals surface area contributed by atoms with E-state index in [2.05, 4.69) is 5.32 Å². The minimum atomic E-state index is -3.70. The van der Waals surface area contributed by atoms with Gasteiger partial charge < -0.3 is 5.32 Å². The van der Waals surface area contributed by atoms with E-state index >= 15 is 0 Å². The summed E-state index contributed by atoms with van der Waals surface area (Å²) in [7, 11) is 0.0536. The molecule has 0 aromatic rings. The van der Waals surface area contributed by atoms with Crippen molar-refractivity contribution in [2.45, 2.75) is 26.2 Å². The van der Waals surface area contributed by atoms with Crippen LogP contribution in [-0.4, -0.2) is 32.8 Å². The highest BCUT2D eigenvalue weighted by Gasteiger charge is 2.01. The molecule has 0 aromatic heterocycles. The Labute approximate surface area is 75.1 Å². The first-order valence-corrected chi connectivity index (χ1v) is 5.62. The van der Waals surface area contributed by atoms with Crippen LogP contribution < -0.4 is 5.32 Å². The molecule has 0 saturated heterocycles. The van der Waals surface area contributed by atoms with Gasteiger partial charge in [0.15, 0.2) is 0 Å². The third kappa shape index (κ3) is 22.5. The van der Waals surface area contributed by atoms with Crippen LogP contribution >= 0.6 is 0 Å². The second-order valence-electron chi connectivity index (χ2n) is 2.49. The average molecular weight is 197 g/mol. The van der Waals surface area contributed by atoms with Gasteiger partial charge >= 0.3 is 0 Å². The van der Waals surface area contributed by atoms with Gasteiger partial charge in [0.1, 0.15) is 0 Å². The van der Waals surface area contributed by atoms with E-state index in [4.69, 9.17) is 4.55 Å². The van der Waals surface area contributed by atoms with Gasteiger partial charge in [0.2, 0.25) is 0 Å². The molecule has 0 aliphatic heterocycles. The van der Waals surface area contributed by atoms with E-state index in [-0.39, 0.29) is 5.75 Å². The highest BCUT2D eigenvalue weighted by Crippen LogP contribution is 1.96. The highest BCUT2D eigenvalue weighted by atomic mass is 32.2. The molecule has 2 N–H and O–H groups in total. The molecule has 0 spiro atoms. The fourth-order valence-electron chi connectivity index (χ4n) is 0.534. The monoisotopic (exact) mass is 197 g/mol. The normalized spacial score (nSPS) is 10.3. The zero-order chi connectivity index (χ0) is 10.0. The quantitative estimate of drug-likeness (QED) is 0.519. The fraction of sp³-hybridized carbons (Fsp3) is 1.00. The zero-order valence-corrected chi connectivity index (χ0v) is 8.82. The summed E-state index contributed by atoms with van der Waals surface area (Å²) in [5.41, 5.74) is 0. The number of unbranched alkanes of at least 4 members (excludes halogenated alkanes) is 2. The van der Waals surface area contributed by atoms with Crippen LogP contribution in [0.25, 0.3) is 0 Å². The maximum absolute atomic E-state index is 10.1. The molecule has 0 fully saturated rings. The fourth-order valence-corrected chi connectivity index (χ4v) is 1.10. The third-order valence-electron chi connectivity index (χ3n) is 1.01. The first kappa shape index (κ1) is 14.4. The van der Waals surface area contributed by atoms with Crippen molar-refractivity contribution in [2.24, 2.45) is 0 Å². The summed E-state index contributed by atoms with van der Waals surface area (Å²) < 4.78 is 28.3. The van der Waals surface area contributed by atoms with Crippen molar-refractivity contribution in [1.29, 1.82) is 0 Å². The van der Waals surface area contributed by atoms with Crippen LogP contribution in [0.15, 0.2) is 0 Å². The molecule has 12 heavy (non-hydrogen) atoms. The summed E-state index contributed by atoms with van der Waals surface area (Å²) >= 11 is 0. The minimum absolute atomic E-state index is 0.0964. The second-order valence-corrected chi connectivity index (χ2v) is 4.07. The van der Waals surface area contributed by atoms with Crippen molar-refractivity contribution in [3.05, 3.63) is 0 Å². The van der Waals surface area contributed by atoms with Gasteiger partial charge in [0.25, 0.3) is 10.1 Å². The number of hydrogen-bond donors (Lipinski definition) is 2. The van der Waals surface area contributed by atoms with Crippen LogP contribution in [0.4, 0.5) is 0 Å². The van der Waals surface area contributed by atoms with Crippen LogP contribution in [0.2, 0.25) is 0 Å². The number of nitrogens with one attached hydrogen (secondary N) is 1. The van der Waals surface area contributed by atoms with Gasteiger partial charge in [-0.2, -0.15) is 8.42 Å². The molecule has 0 atom stereocenters. The molecular weight excluding hydrogens is 178 g/mol. The molecule has 0 bridgehead atoms. The summed E-state index contributed by atoms with van der Waals surface area (Å²) in [5, 5.41) is 2.75. The van der Waals surface area contributed by atoms with Crippen molar-refractivity contribution >= 4 is 10.1 Å². The second kappa shape index (κ2) is 8.96. The summed E-state index contributed by atoms with van der Waals surface area (Å²) in [5.74, 6) is -0.0964. The molecule has 4 nitrogen and oxygen atoms in total. The van der Waals surface area contributed by atoms with Gasteiger partial charge in [-0.3, -0.25) is 4.55 Å². The van der Waals surface area contributed by atoms with Crippen molar-refractivity contribution < 1.29 is 13.0 Å². The lowest BCUT2D eigenvalue weighted by atomic mass is 10.3. The van der Waals surface area contributed by atoms with Crippen LogP contribution in [0, 0.1) is 0 Å². The van der Waals surface area contributed by atoms with Gasteiger partial charge in [-0.1, -0.05) is 19.8 Å². The molecule has 0 unspecified atom stereocenters. The predicted molar refractivity (Wildman–Crippen MR) is 50.9 cm³/mol. The lowest BCUT2D eigenvalue weighted by molar-refractivity contribution is 0.480. The molecule has 0 heterocycles. The lowest BCUT2D eigenvalue weighted by Gasteiger charge is -1.92. The molecule has 0 radical (unpaired) electrons. The third-order valence-corrected chi connectivity index (χ3v) is 1.81. The van der Waals surface area contributed by atoms with Gasteiger partial charge in [-0.15, -0.1) is 0 Å². The molecule has 0 rings (SSSR count). The van der Waals surface area contributed by atoms with E-state index < -0.39 is 10.1 Å². The molecular formula is C7H19NO3S. The first-order valence-electron chi connectivity index (χ1n) is 4.01. The van der Waals surface area contributed by atoms with Crippen molar-refractivity contribution in [3.63, 3.8) is 0 Å². The largest absolute Gasteiger partial charge is 0.323 e. The standard InChI is InChI=1S/C5H12O3S.C2H7N/c1-2-3-4-5-9(6,7)8;1-3-2/h2-5H2,1H3,(H,6,7,8);3H,1-2H3. The van der Waals surface area contributed by atoms with Crippen LogP contribution in [0.1, 0.15) is 26.2 Å². The Morgan fingerprint density at radius 3 is 1.92 bits per heavy atom. The topological polar surface area (TPSA) is 66.4 Å². The van der Waals surface area contributed by atoms with Crippen molar-refractivity contribution in [1.82, 2.24) is 5.32 Å². The van der Waals surface area contributed by atoms with Crippen LogP contribution in [-0.2, 0) is 10.1 Å². The number of hydrogen-bond acceptors (Lipinski definition) is 3. The van der Waals surface area contributed by atoms with E-state index in [1.165, 1.54) is 0 Å². The molecule has 76 valence electrons. The lowest BCUT2D eigenvalue weighted by Crippen LogP contribution is -2.02. The Hall–Kier alpha value is -0.130. The van der Waals surface area contributed by atoms with E-state index in [9.17, 15) is 8.42 Å². The van der Waals surface area contributed by atoms with Crippen molar-refractivity contribution in [3.8, 4) is 0 Å². The van der Waals surface area contributed by atoms with Gasteiger partial charge in [-0.25, -0.2) is 0 Å². The first-order chi connectivity index (χ1) is 5.47. The SMILES string of the molecule is CCCCCS(=O)(=O)O.CNC. The summed E-state index contributed by atoms with van der Waals surface area (Å²) in [6.45, 7) is 1.98. The van der Waals surface area contributed by atoms with E-state index in [0.717, 1.165) is 12.8 Å². The number of rotatable bonds is 4. The molecule has 0 amide bonds. The van der Waals surface area contributed by atoms with Gasteiger partial charge in [0, 0.05) is 0 Å². The Morgan fingerprint density at radius 2 is 1.67 bits per heavy atom. The predicted octanol–water partition coefficient (Wildman–Crippen LogP) is 0.900. The van der Waals surface area contributed by atoms with E-state index in [0.29, 0.717) is 6.42 Å². The Morgan fingerprint density at radius 1 is 1.25 bits per heavy atom. The molecule has 5 heteroatoms. The van der Waals surface area contributed by atoms with Gasteiger partial charge in [-0.05, 0) is 20.5 Å².